The lowest BCUT2D eigenvalue weighted by Crippen LogP contribution is -2.36. The molecule has 0 saturated carbocycles. The van der Waals surface area contributed by atoms with Crippen LogP contribution in [-0.2, 0) is 19.6 Å². The number of methoxy groups -OCH3 is 1. The molecule has 0 bridgehead atoms. The summed E-state index contributed by atoms with van der Waals surface area (Å²) >= 11 is 0. The molecule has 0 radical (unpaired) electrons. The molecule has 0 aliphatic carbocycles. The van der Waals surface area contributed by atoms with Crippen LogP contribution in [0.2, 0.25) is 0 Å². The molecule has 1 aliphatic rings. The Kier molecular flexibility index (Phi) is 10.4. The monoisotopic (exact) mass is 526 g/mol. The molecule has 164 valence electrons. The van der Waals surface area contributed by atoms with E-state index in [1.807, 2.05) is 6.07 Å². The molecule has 30 heavy (non-hydrogen) atoms. The van der Waals surface area contributed by atoms with Crippen molar-refractivity contribution in [1.82, 2.24) is 15.5 Å². The summed E-state index contributed by atoms with van der Waals surface area (Å²) in [5.74, 6) is 0.568. The molecule has 2 aromatic carbocycles. The van der Waals surface area contributed by atoms with Crippen molar-refractivity contribution in [3.05, 3.63) is 65.0 Å². The lowest BCUT2D eigenvalue weighted by molar-refractivity contribution is 0.221. The first kappa shape index (κ1) is 24.4. The molecule has 0 amide bonds. The molecule has 0 spiro atoms. The molecule has 3 rings (SSSR count). The molecule has 1 saturated heterocycles. The van der Waals surface area contributed by atoms with Gasteiger partial charge in [-0.3, -0.25) is 9.89 Å². The maximum Gasteiger partial charge on any atom is 0.191 e. The Morgan fingerprint density at radius 2 is 1.57 bits per heavy atom. The fraction of sp³-hybridized carbons (Fsp3) is 0.435. The van der Waals surface area contributed by atoms with Gasteiger partial charge in [-0.1, -0.05) is 36.8 Å². The maximum atomic E-state index is 13.8. The van der Waals surface area contributed by atoms with Crippen LogP contribution in [0.15, 0.2) is 47.5 Å². The second-order valence-corrected chi connectivity index (χ2v) is 7.40. The number of rotatable bonds is 7. The molecular formula is C23H32FIN4O. The van der Waals surface area contributed by atoms with Gasteiger partial charge in [-0.2, -0.15) is 0 Å². The maximum absolute atomic E-state index is 13.8. The van der Waals surface area contributed by atoms with Crippen LogP contribution >= 0.6 is 24.0 Å². The van der Waals surface area contributed by atoms with Crippen molar-refractivity contribution in [3.8, 4) is 5.75 Å². The van der Waals surface area contributed by atoms with E-state index in [-0.39, 0.29) is 35.5 Å². The number of hydrogen-bond acceptors (Lipinski definition) is 3. The minimum Gasteiger partial charge on any atom is -0.494 e. The number of aliphatic imine (C=N–C) groups is 1. The van der Waals surface area contributed by atoms with Crippen LogP contribution in [0, 0.1) is 5.82 Å². The molecule has 1 aliphatic heterocycles. The Morgan fingerprint density at radius 3 is 2.17 bits per heavy atom. The molecule has 1 fully saturated rings. The smallest absolute Gasteiger partial charge is 0.191 e. The van der Waals surface area contributed by atoms with E-state index < -0.39 is 0 Å². The highest BCUT2D eigenvalue weighted by Crippen LogP contribution is 2.17. The van der Waals surface area contributed by atoms with Gasteiger partial charge >= 0.3 is 0 Å². The Bertz CT molecular complexity index is 807. The third kappa shape index (κ3) is 7.43. The van der Waals surface area contributed by atoms with E-state index in [2.05, 4.69) is 44.8 Å². The van der Waals surface area contributed by atoms with Gasteiger partial charge in [-0.25, -0.2) is 4.39 Å². The van der Waals surface area contributed by atoms with Gasteiger partial charge in [0.15, 0.2) is 17.5 Å². The highest BCUT2D eigenvalue weighted by atomic mass is 127. The van der Waals surface area contributed by atoms with E-state index in [0.717, 1.165) is 12.1 Å². The van der Waals surface area contributed by atoms with Gasteiger partial charge in [0, 0.05) is 26.7 Å². The summed E-state index contributed by atoms with van der Waals surface area (Å²) in [6.45, 7) is 4.62. The summed E-state index contributed by atoms with van der Waals surface area (Å²) in [7, 11) is 3.19. The molecular weight excluding hydrogens is 494 g/mol. The third-order valence-electron chi connectivity index (χ3n) is 5.24. The van der Waals surface area contributed by atoms with E-state index in [9.17, 15) is 4.39 Å². The Balaban J connectivity index is 0.00000320. The van der Waals surface area contributed by atoms with Gasteiger partial charge < -0.3 is 15.4 Å². The van der Waals surface area contributed by atoms with Crippen molar-refractivity contribution in [2.24, 2.45) is 4.99 Å². The summed E-state index contributed by atoms with van der Waals surface area (Å²) < 4.78 is 18.8. The SMILES string of the molecule is CN=C(NCc1ccc(CN2CCCCC2)cc1)NCc1ccc(OC)c(F)c1.I. The number of hydrogen-bond donors (Lipinski definition) is 2. The Hall–Kier alpha value is -1.87. The second-order valence-electron chi connectivity index (χ2n) is 7.40. The van der Waals surface area contributed by atoms with Crippen molar-refractivity contribution in [2.45, 2.75) is 38.9 Å². The number of guanidine groups is 1. The zero-order chi connectivity index (χ0) is 20.5. The Labute approximate surface area is 196 Å². The normalized spacial score (nSPS) is 14.7. The van der Waals surface area contributed by atoms with Gasteiger partial charge in [0.2, 0.25) is 0 Å². The number of benzene rings is 2. The van der Waals surface area contributed by atoms with Crippen molar-refractivity contribution < 1.29 is 9.13 Å². The second kappa shape index (κ2) is 12.7. The summed E-state index contributed by atoms with van der Waals surface area (Å²) in [5.41, 5.74) is 3.39. The first-order chi connectivity index (χ1) is 14.2. The average molecular weight is 526 g/mol. The van der Waals surface area contributed by atoms with Crippen LogP contribution in [0.1, 0.15) is 36.0 Å². The van der Waals surface area contributed by atoms with Gasteiger partial charge in [0.1, 0.15) is 0 Å². The van der Waals surface area contributed by atoms with Crippen LogP contribution in [0.5, 0.6) is 5.75 Å². The number of likely N-dealkylation sites (tertiary alicyclic amines) is 1. The van der Waals surface area contributed by atoms with Crippen molar-refractivity contribution in [1.29, 1.82) is 0 Å². The fourth-order valence-corrected chi connectivity index (χ4v) is 3.55. The minimum atomic E-state index is -0.362. The van der Waals surface area contributed by atoms with E-state index in [1.165, 1.54) is 56.7 Å². The zero-order valence-electron chi connectivity index (χ0n) is 17.8. The predicted octanol–water partition coefficient (Wildman–Crippen LogP) is 4.30. The van der Waals surface area contributed by atoms with Gasteiger partial charge in [0.25, 0.3) is 0 Å². The number of nitrogens with zero attached hydrogens (tertiary/aromatic N) is 2. The molecule has 7 heteroatoms. The molecule has 5 nitrogen and oxygen atoms in total. The number of halogens is 2. The fourth-order valence-electron chi connectivity index (χ4n) is 3.55. The lowest BCUT2D eigenvalue weighted by Gasteiger charge is -2.26. The Morgan fingerprint density at radius 1 is 0.967 bits per heavy atom. The molecule has 0 atom stereocenters. The molecule has 2 aromatic rings. The van der Waals surface area contributed by atoms with E-state index in [4.69, 9.17) is 4.74 Å². The summed E-state index contributed by atoms with van der Waals surface area (Å²) in [6.07, 6.45) is 4.00. The van der Waals surface area contributed by atoms with Crippen LogP contribution in [0.25, 0.3) is 0 Å². The largest absolute Gasteiger partial charge is 0.494 e. The number of ether oxygens (including phenoxy) is 1. The van der Waals surface area contributed by atoms with E-state index in [1.54, 1.807) is 13.1 Å². The number of piperidine rings is 1. The van der Waals surface area contributed by atoms with E-state index in [0.29, 0.717) is 19.0 Å². The van der Waals surface area contributed by atoms with Crippen LogP contribution < -0.4 is 15.4 Å². The minimum absolute atomic E-state index is 0. The van der Waals surface area contributed by atoms with Crippen molar-refractivity contribution in [2.75, 3.05) is 27.2 Å². The first-order valence-electron chi connectivity index (χ1n) is 10.2. The summed E-state index contributed by atoms with van der Waals surface area (Å²) in [4.78, 5) is 6.77. The third-order valence-corrected chi connectivity index (χ3v) is 5.24. The van der Waals surface area contributed by atoms with Gasteiger partial charge in [-0.05, 0) is 54.8 Å². The van der Waals surface area contributed by atoms with Gasteiger partial charge in [-0.15, -0.1) is 24.0 Å². The van der Waals surface area contributed by atoms with Gasteiger partial charge in [0.05, 0.1) is 7.11 Å². The average Bonchev–Trinajstić information content (AvgIpc) is 2.76. The van der Waals surface area contributed by atoms with Crippen LogP contribution in [0.4, 0.5) is 4.39 Å². The molecule has 0 unspecified atom stereocenters. The quantitative estimate of drug-likeness (QED) is 0.321. The first-order valence-corrected chi connectivity index (χ1v) is 10.2. The van der Waals surface area contributed by atoms with Crippen molar-refractivity contribution in [3.63, 3.8) is 0 Å². The topological polar surface area (TPSA) is 48.9 Å². The van der Waals surface area contributed by atoms with Crippen molar-refractivity contribution >= 4 is 29.9 Å². The molecule has 0 aromatic heterocycles. The zero-order valence-corrected chi connectivity index (χ0v) is 20.1. The van der Waals surface area contributed by atoms with Crippen LogP contribution in [0.3, 0.4) is 0 Å². The highest BCUT2D eigenvalue weighted by molar-refractivity contribution is 14.0. The summed E-state index contributed by atoms with van der Waals surface area (Å²) in [6, 6.07) is 13.7. The van der Waals surface area contributed by atoms with E-state index >= 15 is 0 Å². The molecule has 2 N–H and O–H groups in total. The van der Waals surface area contributed by atoms with Crippen LogP contribution in [-0.4, -0.2) is 38.1 Å². The summed E-state index contributed by atoms with van der Waals surface area (Å²) in [5, 5.41) is 6.51. The predicted molar refractivity (Wildman–Crippen MR) is 131 cm³/mol. The number of nitrogens with one attached hydrogen (secondary N) is 2. The lowest BCUT2D eigenvalue weighted by atomic mass is 10.1. The standard InChI is InChI=1S/C23H31FN4O.HI/c1-25-23(27-16-20-10-11-22(29-2)21(24)14-20)26-15-18-6-8-19(9-7-18)17-28-12-4-3-5-13-28;/h6-11,14H,3-5,12-13,15-17H2,1-2H3,(H2,25,26,27);1H. The molecule has 1 heterocycles. The highest BCUT2D eigenvalue weighted by Gasteiger charge is 2.10.